The third kappa shape index (κ3) is 1.91. The maximum absolute atomic E-state index is 12.1. The number of H-pyrrole nitrogens is 1. The minimum Gasteiger partial charge on any atom is -0.480 e. The number of carbonyl (C=O) groups excluding carboxylic acids is 1. The molecule has 0 atom stereocenters. The highest BCUT2D eigenvalue weighted by molar-refractivity contribution is 6.03. The van der Waals surface area contributed by atoms with E-state index in [1.54, 1.807) is 19.4 Å². The summed E-state index contributed by atoms with van der Waals surface area (Å²) in [5, 5.41) is 9.10. The molecule has 1 aromatic heterocycles. The number of hydrogen-bond donors (Lipinski definition) is 2. The van der Waals surface area contributed by atoms with E-state index in [1.165, 1.54) is 4.90 Å². The first kappa shape index (κ1) is 11.7. The minimum atomic E-state index is -1.38. The molecule has 1 aliphatic rings. The number of carboxylic acids is 1. The zero-order valence-electron chi connectivity index (χ0n) is 9.47. The van der Waals surface area contributed by atoms with Crippen LogP contribution < -0.4 is 0 Å². The number of carbonyl (C=O) groups is 2. The fourth-order valence-electron chi connectivity index (χ4n) is 1.81. The predicted octanol–water partition coefficient (Wildman–Crippen LogP) is 0.0743. The number of ether oxygens (including phenoxy) is 1. The van der Waals surface area contributed by atoms with Crippen LogP contribution in [0.4, 0.5) is 0 Å². The fraction of sp³-hybridized carbons (Fsp3) is 0.455. The Morgan fingerprint density at radius 1 is 1.59 bits per heavy atom. The van der Waals surface area contributed by atoms with E-state index < -0.39 is 17.3 Å². The van der Waals surface area contributed by atoms with E-state index in [0.717, 1.165) is 5.56 Å². The number of hydrogen-bond acceptors (Lipinski definition) is 3. The first-order valence-corrected chi connectivity index (χ1v) is 5.24. The molecule has 1 fully saturated rings. The Morgan fingerprint density at radius 3 is 2.71 bits per heavy atom. The van der Waals surface area contributed by atoms with Crippen LogP contribution in [0.3, 0.4) is 0 Å². The number of rotatable bonds is 4. The van der Waals surface area contributed by atoms with Crippen LogP contribution in [-0.2, 0) is 20.9 Å². The molecule has 0 aromatic carbocycles. The average Bonchev–Trinajstić information content (AvgIpc) is 2.67. The SMILES string of the molecule is CN(Cc1cc[nH]c1)C(=O)C1(C(=O)O)COC1. The number of aromatic nitrogens is 1. The number of nitrogens with zero attached hydrogens (tertiary/aromatic N) is 1. The molecule has 1 aliphatic heterocycles. The third-order valence-corrected chi connectivity index (χ3v) is 2.94. The Hall–Kier alpha value is -1.82. The van der Waals surface area contributed by atoms with Crippen LogP contribution in [0.1, 0.15) is 5.56 Å². The Balaban J connectivity index is 2.06. The zero-order chi connectivity index (χ0) is 12.5. The third-order valence-electron chi connectivity index (χ3n) is 2.94. The molecule has 6 heteroatoms. The summed E-state index contributed by atoms with van der Waals surface area (Å²) < 4.78 is 4.87. The second kappa shape index (κ2) is 4.21. The second-order valence-corrected chi connectivity index (χ2v) is 4.26. The molecule has 0 bridgehead atoms. The largest absolute Gasteiger partial charge is 0.480 e. The summed E-state index contributed by atoms with van der Waals surface area (Å²) in [5.74, 6) is -1.52. The predicted molar refractivity (Wildman–Crippen MR) is 58.2 cm³/mol. The van der Waals surface area contributed by atoms with E-state index in [4.69, 9.17) is 9.84 Å². The molecule has 2 N–H and O–H groups in total. The van der Waals surface area contributed by atoms with Gasteiger partial charge in [-0.05, 0) is 11.6 Å². The first-order valence-electron chi connectivity index (χ1n) is 5.24. The van der Waals surface area contributed by atoms with Gasteiger partial charge in [0.1, 0.15) is 0 Å². The molecule has 92 valence electrons. The van der Waals surface area contributed by atoms with E-state index in [0.29, 0.717) is 6.54 Å². The van der Waals surface area contributed by atoms with E-state index in [-0.39, 0.29) is 13.2 Å². The maximum Gasteiger partial charge on any atom is 0.324 e. The average molecular weight is 238 g/mol. The number of amides is 1. The standard InChI is InChI=1S/C11H14N2O4/c1-13(5-8-2-3-12-4-8)9(14)11(10(15)16)6-17-7-11/h2-4,12H,5-7H2,1H3,(H,15,16). The van der Waals surface area contributed by atoms with Crippen LogP contribution in [0, 0.1) is 5.41 Å². The quantitative estimate of drug-likeness (QED) is 0.727. The molecule has 1 amide bonds. The van der Waals surface area contributed by atoms with E-state index >= 15 is 0 Å². The molecule has 0 aliphatic carbocycles. The smallest absolute Gasteiger partial charge is 0.324 e. The van der Waals surface area contributed by atoms with Gasteiger partial charge in [-0.15, -0.1) is 0 Å². The monoisotopic (exact) mass is 238 g/mol. The van der Waals surface area contributed by atoms with Gasteiger partial charge >= 0.3 is 5.97 Å². The van der Waals surface area contributed by atoms with Crippen LogP contribution in [0.2, 0.25) is 0 Å². The van der Waals surface area contributed by atoms with Gasteiger partial charge in [0.25, 0.3) is 0 Å². The van der Waals surface area contributed by atoms with Gasteiger partial charge in [0.2, 0.25) is 5.91 Å². The highest BCUT2D eigenvalue weighted by Crippen LogP contribution is 2.30. The molecular formula is C11H14N2O4. The molecule has 1 aromatic rings. The van der Waals surface area contributed by atoms with Crippen molar-refractivity contribution < 1.29 is 19.4 Å². The zero-order valence-corrected chi connectivity index (χ0v) is 9.47. The van der Waals surface area contributed by atoms with Gasteiger partial charge < -0.3 is 19.7 Å². The Bertz CT molecular complexity index is 423. The van der Waals surface area contributed by atoms with Gasteiger partial charge in [0.15, 0.2) is 5.41 Å². The molecule has 17 heavy (non-hydrogen) atoms. The summed E-state index contributed by atoms with van der Waals surface area (Å²) in [7, 11) is 1.60. The lowest BCUT2D eigenvalue weighted by Crippen LogP contribution is -2.59. The van der Waals surface area contributed by atoms with Crippen molar-refractivity contribution >= 4 is 11.9 Å². The summed E-state index contributed by atoms with van der Waals surface area (Å²) in [6, 6.07) is 1.84. The Morgan fingerprint density at radius 2 is 2.29 bits per heavy atom. The van der Waals surface area contributed by atoms with Crippen LogP contribution in [0.15, 0.2) is 18.5 Å². The van der Waals surface area contributed by atoms with Gasteiger partial charge in [0, 0.05) is 26.0 Å². The van der Waals surface area contributed by atoms with E-state index in [9.17, 15) is 9.59 Å². The summed E-state index contributed by atoms with van der Waals surface area (Å²) in [4.78, 5) is 27.5. The molecule has 2 heterocycles. The molecule has 0 saturated carbocycles. The van der Waals surface area contributed by atoms with Gasteiger partial charge in [-0.25, -0.2) is 0 Å². The highest BCUT2D eigenvalue weighted by Gasteiger charge is 2.54. The van der Waals surface area contributed by atoms with Crippen molar-refractivity contribution in [1.29, 1.82) is 0 Å². The van der Waals surface area contributed by atoms with Crippen molar-refractivity contribution in [3.63, 3.8) is 0 Å². The summed E-state index contributed by atoms with van der Waals surface area (Å²) in [5.41, 5.74) is -0.452. The lowest BCUT2D eigenvalue weighted by Gasteiger charge is -2.38. The summed E-state index contributed by atoms with van der Waals surface area (Å²) >= 11 is 0. The first-order chi connectivity index (χ1) is 8.06. The summed E-state index contributed by atoms with van der Waals surface area (Å²) in [6.45, 7) is 0.300. The maximum atomic E-state index is 12.1. The van der Waals surface area contributed by atoms with Crippen molar-refractivity contribution in [2.45, 2.75) is 6.54 Å². The fourth-order valence-corrected chi connectivity index (χ4v) is 1.81. The molecular weight excluding hydrogens is 224 g/mol. The normalized spacial score (nSPS) is 17.2. The van der Waals surface area contributed by atoms with E-state index in [1.807, 2.05) is 6.07 Å². The topological polar surface area (TPSA) is 82.6 Å². The number of nitrogens with one attached hydrogen (secondary N) is 1. The van der Waals surface area contributed by atoms with Crippen molar-refractivity contribution in [3.05, 3.63) is 24.0 Å². The number of aromatic amines is 1. The van der Waals surface area contributed by atoms with Crippen LogP contribution in [0.5, 0.6) is 0 Å². The van der Waals surface area contributed by atoms with Gasteiger partial charge in [0.05, 0.1) is 13.2 Å². The minimum absolute atomic E-state index is 0.0430. The van der Waals surface area contributed by atoms with Crippen molar-refractivity contribution in [2.75, 3.05) is 20.3 Å². The second-order valence-electron chi connectivity index (χ2n) is 4.26. The van der Waals surface area contributed by atoms with Crippen LogP contribution >= 0.6 is 0 Å². The molecule has 2 rings (SSSR count). The van der Waals surface area contributed by atoms with E-state index in [2.05, 4.69) is 4.98 Å². The van der Waals surface area contributed by atoms with Gasteiger partial charge in [-0.3, -0.25) is 9.59 Å². The van der Waals surface area contributed by atoms with Crippen molar-refractivity contribution in [2.24, 2.45) is 5.41 Å². The van der Waals surface area contributed by atoms with Crippen LogP contribution in [0.25, 0.3) is 0 Å². The molecule has 1 saturated heterocycles. The molecule has 0 spiro atoms. The molecule has 0 unspecified atom stereocenters. The molecule has 6 nitrogen and oxygen atoms in total. The molecule has 0 radical (unpaired) electrons. The van der Waals surface area contributed by atoms with Gasteiger partial charge in [-0.2, -0.15) is 0 Å². The Labute approximate surface area is 98.2 Å². The van der Waals surface area contributed by atoms with Crippen LogP contribution in [-0.4, -0.2) is 47.1 Å². The lowest BCUT2D eigenvalue weighted by atomic mass is 9.84. The lowest BCUT2D eigenvalue weighted by molar-refractivity contribution is -0.190. The number of carboxylic acid groups (broad SMARTS) is 1. The summed E-state index contributed by atoms with van der Waals surface area (Å²) in [6.07, 6.45) is 3.53. The Kier molecular flexibility index (Phi) is 2.89. The van der Waals surface area contributed by atoms with Crippen molar-refractivity contribution in [1.82, 2.24) is 9.88 Å². The van der Waals surface area contributed by atoms with Gasteiger partial charge in [-0.1, -0.05) is 0 Å². The number of aliphatic carboxylic acids is 1. The highest BCUT2D eigenvalue weighted by atomic mass is 16.5. The van der Waals surface area contributed by atoms with Crippen molar-refractivity contribution in [3.8, 4) is 0 Å².